The van der Waals surface area contributed by atoms with E-state index in [1.54, 1.807) is 0 Å². The summed E-state index contributed by atoms with van der Waals surface area (Å²) >= 11 is 0. The summed E-state index contributed by atoms with van der Waals surface area (Å²) in [7, 11) is 0. The van der Waals surface area contributed by atoms with Crippen LogP contribution in [0.5, 0.6) is 0 Å². The molecule has 2 fully saturated rings. The minimum Gasteiger partial charge on any atom is -0.369 e. The van der Waals surface area contributed by atoms with Gasteiger partial charge in [0.2, 0.25) is 0 Å². The number of hydrogen-bond donors (Lipinski definition) is 0. The number of nitrogens with zero attached hydrogens (tertiary/aromatic N) is 3. The van der Waals surface area contributed by atoms with Gasteiger partial charge in [0.25, 0.3) is 0 Å². The lowest BCUT2D eigenvalue weighted by Gasteiger charge is -2.46. The van der Waals surface area contributed by atoms with Crippen LogP contribution in [0.3, 0.4) is 0 Å². The third kappa shape index (κ3) is 6.15. The van der Waals surface area contributed by atoms with Crippen molar-refractivity contribution in [1.29, 1.82) is 5.26 Å². The Labute approximate surface area is 213 Å². The number of benzene rings is 2. The van der Waals surface area contributed by atoms with E-state index in [9.17, 15) is 5.26 Å². The van der Waals surface area contributed by atoms with Crippen molar-refractivity contribution in [2.45, 2.75) is 66.2 Å². The molecule has 184 valence electrons. The smallest absolute Gasteiger partial charge is 0.0991 e. The lowest BCUT2D eigenvalue weighted by atomic mass is 9.60. The van der Waals surface area contributed by atoms with Gasteiger partial charge in [-0.3, -0.25) is 4.90 Å². The molecule has 0 unspecified atom stereocenters. The minimum atomic E-state index is 0. The van der Waals surface area contributed by atoms with Gasteiger partial charge < -0.3 is 4.90 Å². The van der Waals surface area contributed by atoms with E-state index in [0.717, 1.165) is 37.3 Å². The molecule has 0 spiro atoms. The van der Waals surface area contributed by atoms with Crippen molar-refractivity contribution in [2.75, 3.05) is 37.6 Å². The first-order chi connectivity index (χ1) is 15.7. The fourth-order valence-electron chi connectivity index (χ4n) is 6.71. The molecule has 0 atom stereocenters. The Morgan fingerprint density at radius 1 is 0.912 bits per heavy atom. The van der Waals surface area contributed by atoms with Crippen molar-refractivity contribution >= 4 is 18.1 Å². The highest BCUT2D eigenvalue weighted by Crippen LogP contribution is 2.53. The number of halogens is 1. The van der Waals surface area contributed by atoms with Crippen LogP contribution in [0.4, 0.5) is 5.69 Å². The van der Waals surface area contributed by atoms with Crippen molar-refractivity contribution in [3.63, 3.8) is 0 Å². The Morgan fingerprint density at radius 3 is 2.18 bits per heavy atom. The first-order valence-electron chi connectivity index (χ1n) is 12.8. The first-order valence-corrected chi connectivity index (χ1v) is 12.8. The Morgan fingerprint density at radius 2 is 1.56 bits per heavy atom. The van der Waals surface area contributed by atoms with Gasteiger partial charge in [0.05, 0.1) is 11.6 Å². The van der Waals surface area contributed by atoms with E-state index in [1.807, 2.05) is 18.2 Å². The molecule has 2 aliphatic rings. The molecule has 0 amide bonds. The second-order valence-electron chi connectivity index (χ2n) is 11.9. The molecule has 1 aliphatic carbocycles. The summed E-state index contributed by atoms with van der Waals surface area (Å²) in [6, 6.07) is 17.4. The lowest BCUT2D eigenvalue weighted by molar-refractivity contribution is 0.0970. The maximum atomic E-state index is 9.39. The van der Waals surface area contributed by atoms with Crippen LogP contribution in [-0.4, -0.2) is 37.6 Å². The molecule has 2 aromatic rings. The third-order valence-electron chi connectivity index (χ3n) is 7.60. The highest BCUT2D eigenvalue weighted by atomic mass is 35.5. The van der Waals surface area contributed by atoms with Crippen molar-refractivity contribution in [2.24, 2.45) is 10.8 Å². The van der Waals surface area contributed by atoms with Crippen LogP contribution >= 0.6 is 12.4 Å². The van der Waals surface area contributed by atoms with Crippen LogP contribution in [0.2, 0.25) is 0 Å². The highest BCUT2D eigenvalue weighted by Gasteiger charge is 2.40. The molecule has 0 bridgehead atoms. The Bertz CT molecular complexity index is 996. The van der Waals surface area contributed by atoms with Gasteiger partial charge in [-0.1, -0.05) is 58.9 Å². The van der Waals surface area contributed by atoms with Crippen molar-refractivity contribution in [3.8, 4) is 17.2 Å². The molecule has 34 heavy (non-hydrogen) atoms. The Kier molecular flexibility index (Phi) is 8.38. The standard InChI is InChI=1S/C30H41N3.ClH/c1-6-12-32-13-15-33(16-14-32)28-18-25(24-9-7-8-23(17-24)21-31)10-11-27(28)26-19-29(2,3)22-30(4,5)20-26;/h7-11,17-18,26H,6,12-16,19-20,22H2,1-5H3;1H. The normalized spacial score (nSPS) is 20.4. The molecule has 4 rings (SSSR count). The summed E-state index contributed by atoms with van der Waals surface area (Å²) in [5.74, 6) is 0.590. The van der Waals surface area contributed by atoms with E-state index in [-0.39, 0.29) is 12.4 Å². The van der Waals surface area contributed by atoms with Gasteiger partial charge in [0.15, 0.2) is 0 Å². The molecule has 0 N–H and O–H groups in total. The average Bonchev–Trinajstić information content (AvgIpc) is 2.77. The number of rotatable bonds is 5. The number of nitriles is 1. The monoisotopic (exact) mass is 479 g/mol. The minimum absolute atomic E-state index is 0. The highest BCUT2D eigenvalue weighted by molar-refractivity contribution is 5.85. The Balaban J connectivity index is 0.00000324. The second-order valence-corrected chi connectivity index (χ2v) is 11.9. The lowest BCUT2D eigenvalue weighted by Crippen LogP contribution is -2.47. The second kappa shape index (κ2) is 10.7. The van der Waals surface area contributed by atoms with Crippen LogP contribution in [0.25, 0.3) is 11.1 Å². The molecule has 0 radical (unpaired) electrons. The number of piperazine rings is 1. The van der Waals surface area contributed by atoms with E-state index >= 15 is 0 Å². The van der Waals surface area contributed by atoms with E-state index in [4.69, 9.17) is 0 Å². The zero-order valence-electron chi connectivity index (χ0n) is 21.7. The summed E-state index contributed by atoms with van der Waals surface area (Å²) in [6.45, 7) is 17.7. The topological polar surface area (TPSA) is 30.3 Å². The molecule has 1 saturated heterocycles. The summed E-state index contributed by atoms with van der Waals surface area (Å²) in [5.41, 5.74) is 6.76. The van der Waals surface area contributed by atoms with Crippen molar-refractivity contribution in [3.05, 3.63) is 53.6 Å². The van der Waals surface area contributed by atoms with Gasteiger partial charge in [-0.25, -0.2) is 0 Å². The molecule has 1 aliphatic heterocycles. The maximum absolute atomic E-state index is 9.39. The molecule has 2 aromatic carbocycles. The predicted molar refractivity (Wildman–Crippen MR) is 147 cm³/mol. The number of hydrogen-bond acceptors (Lipinski definition) is 3. The van der Waals surface area contributed by atoms with Gasteiger partial charge in [-0.05, 0) is 83.9 Å². The summed E-state index contributed by atoms with van der Waals surface area (Å²) < 4.78 is 0. The fraction of sp³-hybridized carbons (Fsp3) is 0.567. The van der Waals surface area contributed by atoms with E-state index in [0.29, 0.717) is 16.7 Å². The van der Waals surface area contributed by atoms with Crippen molar-refractivity contribution in [1.82, 2.24) is 4.90 Å². The molecule has 1 heterocycles. The van der Waals surface area contributed by atoms with Crippen molar-refractivity contribution < 1.29 is 0 Å². The molecular weight excluding hydrogens is 438 g/mol. The summed E-state index contributed by atoms with van der Waals surface area (Å²) in [6.07, 6.45) is 5.02. The fourth-order valence-corrected chi connectivity index (χ4v) is 6.71. The largest absolute Gasteiger partial charge is 0.369 e. The maximum Gasteiger partial charge on any atom is 0.0991 e. The SMILES string of the molecule is CCCN1CCN(c2cc(-c3cccc(C#N)c3)ccc2C2CC(C)(C)CC(C)(C)C2)CC1.Cl. The molecule has 4 heteroatoms. The molecule has 3 nitrogen and oxygen atoms in total. The Hall–Kier alpha value is -2.02. The van der Waals surface area contributed by atoms with E-state index in [1.165, 1.54) is 49.0 Å². The van der Waals surface area contributed by atoms with Gasteiger partial charge >= 0.3 is 0 Å². The zero-order valence-corrected chi connectivity index (χ0v) is 22.5. The van der Waals surface area contributed by atoms with Crippen LogP contribution in [-0.2, 0) is 0 Å². The van der Waals surface area contributed by atoms with E-state index in [2.05, 4.69) is 74.8 Å². The van der Waals surface area contributed by atoms with Crippen LogP contribution in [0.1, 0.15) is 77.3 Å². The third-order valence-corrected chi connectivity index (χ3v) is 7.60. The summed E-state index contributed by atoms with van der Waals surface area (Å²) in [5, 5.41) is 9.39. The first kappa shape index (κ1) is 26.6. The number of anilines is 1. The zero-order chi connectivity index (χ0) is 23.6. The van der Waals surface area contributed by atoms with Crippen LogP contribution in [0.15, 0.2) is 42.5 Å². The quantitative estimate of drug-likeness (QED) is 0.444. The van der Waals surface area contributed by atoms with Gasteiger partial charge in [-0.15, -0.1) is 12.4 Å². The van der Waals surface area contributed by atoms with Gasteiger partial charge in [0, 0.05) is 31.9 Å². The predicted octanol–water partition coefficient (Wildman–Crippen LogP) is 7.50. The summed E-state index contributed by atoms with van der Waals surface area (Å²) in [4.78, 5) is 5.23. The molecular formula is C30H42ClN3. The van der Waals surface area contributed by atoms with Crippen LogP contribution < -0.4 is 4.90 Å². The average molecular weight is 480 g/mol. The van der Waals surface area contributed by atoms with Gasteiger partial charge in [-0.2, -0.15) is 5.26 Å². The van der Waals surface area contributed by atoms with E-state index < -0.39 is 0 Å². The van der Waals surface area contributed by atoms with Gasteiger partial charge in [0.1, 0.15) is 0 Å². The molecule has 1 saturated carbocycles. The molecule has 0 aromatic heterocycles. The van der Waals surface area contributed by atoms with Crippen LogP contribution in [0, 0.1) is 22.2 Å².